The van der Waals surface area contributed by atoms with Gasteiger partial charge in [-0.1, -0.05) is 23.5 Å². The number of aromatic nitrogens is 1. The minimum absolute atomic E-state index is 0.00163. The van der Waals surface area contributed by atoms with Crippen molar-refractivity contribution in [2.75, 3.05) is 25.5 Å². The Bertz CT molecular complexity index is 1040. The van der Waals surface area contributed by atoms with E-state index in [1.165, 1.54) is 18.3 Å². The highest BCUT2D eigenvalue weighted by molar-refractivity contribution is 7.17. The molecule has 176 valence electrons. The van der Waals surface area contributed by atoms with Crippen LogP contribution in [0.15, 0.2) is 29.3 Å². The number of nitrogens with zero attached hydrogens (tertiary/aromatic N) is 3. The van der Waals surface area contributed by atoms with Crippen LogP contribution in [0.2, 0.25) is 0 Å². The van der Waals surface area contributed by atoms with Gasteiger partial charge in [0.2, 0.25) is 11.8 Å². The molecule has 2 heterocycles. The second-order valence-corrected chi connectivity index (χ2v) is 8.86. The number of carbonyl (C=O) groups excluding carboxylic acids is 3. The molecule has 0 spiro atoms. The summed E-state index contributed by atoms with van der Waals surface area (Å²) in [6.45, 7) is 2.43. The molecule has 0 saturated carbocycles. The third-order valence-electron chi connectivity index (χ3n) is 5.42. The Kier molecular flexibility index (Phi) is 7.99. The van der Waals surface area contributed by atoms with Crippen LogP contribution in [0, 0.1) is 5.92 Å². The van der Waals surface area contributed by atoms with Crippen LogP contribution in [0.3, 0.4) is 0 Å². The van der Waals surface area contributed by atoms with E-state index in [9.17, 15) is 14.4 Å². The normalized spacial score (nSPS) is 13.9. The molecule has 1 aromatic carbocycles. The predicted molar refractivity (Wildman–Crippen MR) is 128 cm³/mol. The number of guanidine groups is 1. The van der Waals surface area contributed by atoms with E-state index in [2.05, 4.69) is 20.6 Å². The van der Waals surface area contributed by atoms with Crippen LogP contribution in [0.25, 0.3) is 0 Å². The van der Waals surface area contributed by atoms with Gasteiger partial charge >= 0.3 is 0 Å². The molecule has 11 heteroatoms. The molecule has 1 aliphatic heterocycles. The van der Waals surface area contributed by atoms with Crippen LogP contribution in [-0.4, -0.2) is 53.7 Å². The van der Waals surface area contributed by atoms with E-state index >= 15 is 0 Å². The van der Waals surface area contributed by atoms with Crippen molar-refractivity contribution in [2.45, 2.75) is 32.6 Å². The molecular formula is C22H29N7O3S. The SMILES string of the molecule is CNC(=O)C1CCN(C(=O)c2sc(NC(C)=O)nc2CCc2ccc(N=C(N)N)cc2)CC1. The zero-order valence-electron chi connectivity index (χ0n) is 18.8. The maximum Gasteiger partial charge on any atom is 0.265 e. The molecule has 0 aliphatic carbocycles. The number of hydrogen-bond acceptors (Lipinski definition) is 6. The van der Waals surface area contributed by atoms with Gasteiger partial charge in [0.25, 0.3) is 5.91 Å². The van der Waals surface area contributed by atoms with Crippen molar-refractivity contribution >= 4 is 45.8 Å². The Labute approximate surface area is 196 Å². The highest BCUT2D eigenvalue weighted by atomic mass is 32.1. The van der Waals surface area contributed by atoms with Gasteiger partial charge in [-0.05, 0) is 43.4 Å². The summed E-state index contributed by atoms with van der Waals surface area (Å²) in [4.78, 5) is 47.5. The van der Waals surface area contributed by atoms with Crippen molar-refractivity contribution in [1.29, 1.82) is 0 Å². The van der Waals surface area contributed by atoms with Gasteiger partial charge in [0.15, 0.2) is 11.1 Å². The number of nitrogens with one attached hydrogen (secondary N) is 2. The first-order valence-electron chi connectivity index (χ1n) is 10.7. The lowest BCUT2D eigenvalue weighted by Gasteiger charge is -2.31. The number of hydrogen-bond donors (Lipinski definition) is 4. The van der Waals surface area contributed by atoms with Gasteiger partial charge in [0, 0.05) is 33.0 Å². The lowest BCUT2D eigenvalue weighted by atomic mass is 9.96. The number of nitrogens with two attached hydrogens (primary N) is 2. The monoisotopic (exact) mass is 471 g/mol. The summed E-state index contributed by atoms with van der Waals surface area (Å²) in [6.07, 6.45) is 2.44. The Hall–Kier alpha value is -3.47. The summed E-state index contributed by atoms with van der Waals surface area (Å²) in [5.74, 6) is -0.414. The van der Waals surface area contributed by atoms with E-state index in [1.54, 1.807) is 11.9 Å². The number of rotatable bonds is 7. The van der Waals surface area contributed by atoms with Crippen LogP contribution < -0.4 is 22.1 Å². The fraction of sp³-hybridized carbons (Fsp3) is 0.409. The Morgan fingerprint density at radius 3 is 2.39 bits per heavy atom. The van der Waals surface area contributed by atoms with Crippen molar-refractivity contribution in [3.05, 3.63) is 40.4 Å². The standard InChI is InChI=1S/C22H29N7O3S/c1-13(30)26-22-28-17(8-5-14-3-6-16(7-4-14)27-21(23)24)18(33-22)20(32)29-11-9-15(10-12-29)19(31)25-2/h3-4,6-7,15H,5,8-12H2,1-2H3,(H,25,31)(H4,23,24,27)(H,26,28,30). The quantitative estimate of drug-likeness (QED) is 0.353. The van der Waals surface area contributed by atoms with Crippen LogP contribution in [0.1, 0.15) is 40.7 Å². The molecule has 6 N–H and O–H groups in total. The van der Waals surface area contributed by atoms with Crippen molar-refractivity contribution in [3.8, 4) is 0 Å². The molecule has 1 aliphatic rings. The second-order valence-electron chi connectivity index (χ2n) is 7.86. The number of aliphatic imine (C=N–C) groups is 1. The Morgan fingerprint density at radius 1 is 1.15 bits per heavy atom. The third kappa shape index (κ3) is 6.51. The van der Waals surface area contributed by atoms with Crippen molar-refractivity contribution in [3.63, 3.8) is 0 Å². The lowest BCUT2D eigenvalue weighted by molar-refractivity contribution is -0.125. The Morgan fingerprint density at radius 2 is 1.82 bits per heavy atom. The minimum atomic E-state index is -0.240. The summed E-state index contributed by atoms with van der Waals surface area (Å²) in [5, 5.41) is 5.77. The fourth-order valence-corrected chi connectivity index (χ4v) is 4.76. The van der Waals surface area contributed by atoms with E-state index < -0.39 is 0 Å². The summed E-state index contributed by atoms with van der Waals surface area (Å²) in [5.41, 5.74) is 13.2. The van der Waals surface area contributed by atoms with Crippen molar-refractivity contribution in [1.82, 2.24) is 15.2 Å². The molecule has 33 heavy (non-hydrogen) atoms. The number of amides is 3. The number of likely N-dealkylation sites (tertiary alicyclic amines) is 1. The van der Waals surface area contributed by atoms with Crippen molar-refractivity contribution in [2.24, 2.45) is 22.4 Å². The summed E-state index contributed by atoms with van der Waals surface area (Å²) < 4.78 is 0. The predicted octanol–water partition coefficient (Wildman–Crippen LogP) is 1.39. The van der Waals surface area contributed by atoms with E-state index in [0.717, 1.165) is 5.56 Å². The van der Waals surface area contributed by atoms with Crippen molar-refractivity contribution < 1.29 is 14.4 Å². The average molecular weight is 472 g/mol. The summed E-state index contributed by atoms with van der Waals surface area (Å²) in [6, 6.07) is 7.49. The molecule has 1 aromatic heterocycles. The molecule has 10 nitrogen and oxygen atoms in total. The Balaban J connectivity index is 1.73. The smallest absolute Gasteiger partial charge is 0.265 e. The fourth-order valence-electron chi connectivity index (χ4n) is 3.73. The van der Waals surface area contributed by atoms with Gasteiger partial charge in [0.1, 0.15) is 4.88 Å². The van der Waals surface area contributed by atoms with Gasteiger partial charge in [-0.3, -0.25) is 14.4 Å². The zero-order chi connectivity index (χ0) is 24.0. The molecule has 3 rings (SSSR count). The molecule has 1 fully saturated rings. The first-order chi connectivity index (χ1) is 15.8. The molecule has 1 saturated heterocycles. The molecule has 0 atom stereocenters. The van der Waals surface area contributed by atoms with Gasteiger partial charge in [-0.2, -0.15) is 0 Å². The van der Waals surface area contributed by atoms with Gasteiger partial charge in [-0.15, -0.1) is 0 Å². The van der Waals surface area contributed by atoms with Crippen LogP contribution in [0.4, 0.5) is 10.8 Å². The number of aryl methyl sites for hydroxylation is 2. The topological polar surface area (TPSA) is 156 Å². The number of anilines is 1. The lowest BCUT2D eigenvalue weighted by Crippen LogP contribution is -2.42. The third-order valence-corrected chi connectivity index (χ3v) is 6.42. The molecule has 0 unspecified atom stereocenters. The molecule has 0 radical (unpaired) electrons. The second kappa shape index (κ2) is 10.9. The summed E-state index contributed by atoms with van der Waals surface area (Å²) >= 11 is 1.19. The number of carbonyl (C=O) groups is 3. The largest absolute Gasteiger partial charge is 0.370 e. The molecule has 2 aromatic rings. The zero-order valence-corrected chi connectivity index (χ0v) is 19.6. The molecular weight excluding hydrogens is 442 g/mol. The number of thiazole rings is 1. The van der Waals surface area contributed by atoms with E-state index in [0.29, 0.717) is 60.2 Å². The molecule has 0 bridgehead atoms. The number of piperidine rings is 1. The highest BCUT2D eigenvalue weighted by Crippen LogP contribution is 2.28. The summed E-state index contributed by atoms with van der Waals surface area (Å²) in [7, 11) is 1.63. The maximum absolute atomic E-state index is 13.3. The molecule has 3 amide bonds. The van der Waals surface area contributed by atoms with E-state index in [1.807, 2.05) is 24.3 Å². The van der Waals surface area contributed by atoms with Crippen LogP contribution in [0.5, 0.6) is 0 Å². The van der Waals surface area contributed by atoms with Crippen LogP contribution >= 0.6 is 11.3 Å². The average Bonchev–Trinajstić information content (AvgIpc) is 3.19. The first-order valence-corrected chi connectivity index (χ1v) is 11.5. The van der Waals surface area contributed by atoms with Crippen LogP contribution in [-0.2, 0) is 22.4 Å². The highest BCUT2D eigenvalue weighted by Gasteiger charge is 2.29. The van der Waals surface area contributed by atoms with Gasteiger partial charge < -0.3 is 27.0 Å². The maximum atomic E-state index is 13.3. The van der Waals surface area contributed by atoms with E-state index in [-0.39, 0.29) is 29.6 Å². The number of benzene rings is 1. The first kappa shape index (κ1) is 24.2. The minimum Gasteiger partial charge on any atom is -0.370 e. The van der Waals surface area contributed by atoms with E-state index in [4.69, 9.17) is 11.5 Å². The van der Waals surface area contributed by atoms with Gasteiger partial charge in [-0.25, -0.2) is 9.98 Å². The van der Waals surface area contributed by atoms with Gasteiger partial charge in [0.05, 0.1) is 11.4 Å².